The summed E-state index contributed by atoms with van der Waals surface area (Å²) in [4.78, 5) is 10.3. The minimum atomic E-state index is -0.858. The van der Waals surface area contributed by atoms with Gasteiger partial charge in [-0.1, -0.05) is 13.8 Å². The summed E-state index contributed by atoms with van der Waals surface area (Å²) in [6.45, 7) is 3.36. The van der Waals surface area contributed by atoms with E-state index in [0.717, 1.165) is 0 Å². The molecule has 0 bridgehead atoms. The largest absolute Gasteiger partial charge is 0.481 e. The highest BCUT2D eigenvalue weighted by atomic mass is 19.1. The van der Waals surface area contributed by atoms with Crippen molar-refractivity contribution in [3.63, 3.8) is 0 Å². The zero-order valence-corrected chi connectivity index (χ0v) is 7.47. The lowest BCUT2D eigenvalue weighted by atomic mass is 9.91. The summed E-state index contributed by atoms with van der Waals surface area (Å²) in [5, 5.41) is 8.48. The number of hydrogen-bond acceptors (Lipinski definition) is 2. The summed E-state index contributed by atoms with van der Waals surface area (Å²) in [6, 6.07) is 0. The van der Waals surface area contributed by atoms with Crippen LogP contribution in [0.15, 0.2) is 0 Å². The number of carboxylic acids is 1. The van der Waals surface area contributed by atoms with Gasteiger partial charge in [0.15, 0.2) is 0 Å². The van der Waals surface area contributed by atoms with E-state index in [1.165, 1.54) is 0 Å². The molecule has 0 unspecified atom stereocenters. The molecule has 0 saturated carbocycles. The molecular weight excluding hydrogens is 163 g/mol. The van der Waals surface area contributed by atoms with Crippen molar-refractivity contribution in [2.75, 3.05) is 19.9 Å². The van der Waals surface area contributed by atoms with Crippen molar-refractivity contribution in [1.29, 1.82) is 0 Å². The minimum absolute atomic E-state index is 0.0410. The lowest BCUT2D eigenvalue weighted by Crippen LogP contribution is -2.23. The molecule has 0 amide bonds. The van der Waals surface area contributed by atoms with E-state index in [-0.39, 0.29) is 19.6 Å². The van der Waals surface area contributed by atoms with Crippen molar-refractivity contribution < 1.29 is 19.0 Å². The monoisotopic (exact) mass is 178 g/mol. The molecule has 1 N–H and O–H groups in total. The van der Waals surface area contributed by atoms with Crippen LogP contribution in [0.25, 0.3) is 0 Å². The highest BCUT2D eigenvalue weighted by Gasteiger charge is 2.21. The first-order chi connectivity index (χ1) is 5.48. The number of carboxylic acid groups (broad SMARTS) is 1. The fourth-order valence-electron chi connectivity index (χ4n) is 0.863. The van der Waals surface area contributed by atoms with Crippen LogP contribution in [0.3, 0.4) is 0 Å². The molecule has 0 fully saturated rings. The van der Waals surface area contributed by atoms with Gasteiger partial charge in [0.25, 0.3) is 0 Å². The number of hydrogen-bond donors (Lipinski definition) is 1. The van der Waals surface area contributed by atoms with Crippen molar-refractivity contribution in [2.24, 2.45) is 5.41 Å². The number of carbonyl (C=O) groups is 1. The van der Waals surface area contributed by atoms with E-state index in [0.29, 0.717) is 0 Å². The van der Waals surface area contributed by atoms with Gasteiger partial charge >= 0.3 is 5.97 Å². The summed E-state index contributed by atoms with van der Waals surface area (Å²) in [6.07, 6.45) is 0.0410. The van der Waals surface area contributed by atoms with Crippen LogP contribution in [0.1, 0.15) is 20.3 Å². The van der Waals surface area contributed by atoms with Gasteiger partial charge in [-0.25, -0.2) is 4.39 Å². The Morgan fingerprint density at radius 1 is 1.58 bits per heavy atom. The van der Waals surface area contributed by atoms with E-state index in [2.05, 4.69) is 0 Å². The third kappa shape index (κ3) is 6.09. The normalized spacial score (nSPS) is 11.6. The fraction of sp³-hybridized carbons (Fsp3) is 0.875. The molecule has 0 aromatic carbocycles. The van der Waals surface area contributed by atoms with Gasteiger partial charge in [0.1, 0.15) is 6.67 Å². The van der Waals surface area contributed by atoms with Crippen molar-refractivity contribution in [1.82, 2.24) is 0 Å². The maximum absolute atomic E-state index is 11.6. The third-order valence-corrected chi connectivity index (χ3v) is 1.34. The molecule has 0 aromatic heterocycles. The van der Waals surface area contributed by atoms with Crippen LogP contribution in [0.5, 0.6) is 0 Å². The Kier molecular flexibility index (Phi) is 4.81. The molecule has 0 aliphatic carbocycles. The topological polar surface area (TPSA) is 46.5 Å². The smallest absolute Gasteiger partial charge is 0.303 e. The number of ether oxygens (including phenoxy) is 1. The Labute approximate surface area is 71.5 Å². The SMILES string of the molecule is CC(C)(COCCF)CC(=O)O. The van der Waals surface area contributed by atoms with E-state index in [4.69, 9.17) is 9.84 Å². The second-order valence-corrected chi connectivity index (χ2v) is 3.48. The average Bonchev–Trinajstić information content (AvgIpc) is 1.84. The first kappa shape index (κ1) is 11.4. The van der Waals surface area contributed by atoms with Crippen molar-refractivity contribution in [3.05, 3.63) is 0 Å². The molecule has 12 heavy (non-hydrogen) atoms. The first-order valence-electron chi connectivity index (χ1n) is 3.83. The molecule has 0 spiro atoms. The van der Waals surface area contributed by atoms with E-state index in [1.807, 2.05) is 0 Å². The number of aliphatic carboxylic acids is 1. The first-order valence-corrected chi connectivity index (χ1v) is 3.83. The summed E-state index contributed by atoms with van der Waals surface area (Å²) >= 11 is 0. The number of halogens is 1. The van der Waals surface area contributed by atoms with Crippen LogP contribution in [-0.4, -0.2) is 31.0 Å². The van der Waals surface area contributed by atoms with Crippen LogP contribution in [-0.2, 0) is 9.53 Å². The Morgan fingerprint density at radius 3 is 2.58 bits per heavy atom. The Morgan fingerprint density at radius 2 is 2.17 bits per heavy atom. The summed E-state index contributed by atoms with van der Waals surface area (Å²) in [5.41, 5.74) is -0.416. The molecule has 0 heterocycles. The maximum atomic E-state index is 11.6. The van der Waals surface area contributed by atoms with Crippen molar-refractivity contribution in [2.45, 2.75) is 20.3 Å². The standard InChI is InChI=1S/C8H15FO3/c1-8(2,5-7(10)11)6-12-4-3-9/h3-6H2,1-2H3,(H,10,11). The lowest BCUT2D eigenvalue weighted by molar-refractivity contribution is -0.140. The van der Waals surface area contributed by atoms with Gasteiger partial charge in [0, 0.05) is 0 Å². The summed E-state index contributed by atoms with van der Waals surface area (Å²) in [7, 11) is 0. The van der Waals surface area contributed by atoms with E-state index < -0.39 is 18.1 Å². The Bertz CT molecular complexity index is 145. The van der Waals surface area contributed by atoms with Crippen LogP contribution < -0.4 is 0 Å². The van der Waals surface area contributed by atoms with E-state index in [1.54, 1.807) is 13.8 Å². The highest BCUT2D eigenvalue weighted by Crippen LogP contribution is 2.20. The summed E-state index contributed by atoms with van der Waals surface area (Å²) < 4.78 is 16.5. The van der Waals surface area contributed by atoms with Crippen LogP contribution in [0, 0.1) is 5.41 Å². The van der Waals surface area contributed by atoms with Gasteiger partial charge < -0.3 is 9.84 Å². The van der Waals surface area contributed by atoms with Crippen LogP contribution in [0.2, 0.25) is 0 Å². The number of alkyl halides is 1. The van der Waals surface area contributed by atoms with Crippen molar-refractivity contribution in [3.8, 4) is 0 Å². The van der Waals surface area contributed by atoms with Crippen LogP contribution >= 0.6 is 0 Å². The molecule has 0 aromatic rings. The predicted molar refractivity (Wildman–Crippen MR) is 42.8 cm³/mol. The van der Waals surface area contributed by atoms with Crippen LogP contribution in [0.4, 0.5) is 4.39 Å². The predicted octanol–water partition coefficient (Wildman–Crippen LogP) is 1.47. The van der Waals surface area contributed by atoms with Gasteiger partial charge in [-0.3, -0.25) is 4.79 Å². The zero-order valence-electron chi connectivity index (χ0n) is 7.47. The lowest BCUT2D eigenvalue weighted by Gasteiger charge is -2.21. The molecule has 4 heteroatoms. The van der Waals surface area contributed by atoms with Crippen molar-refractivity contribution >= 4 is 5.97 Å². The fourth-order valence-corrected chi connectivity index (χ4v) is 0.863. The Hall–Kier alpha value is -0.640. The molecule has 0 rings (SSSR count). The molecular formula is C8H15FO3. The molecule has 72 valence electrons. The molecule has 0 atom stereocenters. The van der Waals surface area contributed by atoms with E-state index in [9.17, 15) is 9.18 Å². The molecule has 3 nitrogen and oxygen atoms in total. The van der Waals surface area contributed by atoms with E-state index >= 15 is 0 Å². The van der Waals surface area contributed by atoms with Gasteiger partial charge in [0.2, 0.25) is 0 Å². The molecule has 0 aliphatic rings. The van der Waals surface area contributed by atoms with Gasteiger partial charge in [-0.15, -0.1) is 0 Å². The average molecular weight is 178 g/mol. The Balaban J connectivity index is 3.63. The zero-order chi connectivity index (χ0) is 9.61. The molecule has 0 aliphatic heterocycles. The molecule has 0 radical (unpaired) electrons. The van der Waals surface area contributed by atoms with Gasteiger partial charge in [-0.05, 0) is 5.41 Å². The third-order valence-electron chi connectivity index (χ3n) is 1.34. The maximum Gasteiger partial charge on any atom is 0.303 e. The second kappa shape index (κ2) is 5.09. The molecule has 0 saturated heterocycles. The van der Waals surface area contributed by atoms with Gasteiger partial charge in [0.05, 0.1) is 19.6 Å². The highest BCUT2D eigenvalue weighted by molar-refractivity contribution is 5.67. The summed E-state index contributed by atoms with van der Waals surface area (Å²) in [5.74, 6) is -0.858. The van der Waals surface area contributed by atoms with Gasteiger partial charge in [-0.2, -0.15) is 0 Å². The second-order valence-electron chi connectivity index (χ2n) is 3.48. The minimum Gasteiger partial charge on any atom is -0.481 e. The quantitative estimate of drug-likeness (QED) is 0.626. The number of rotatable bonds is 6.